The molecule has 1 aliphatic rings. The molecule has 0 radical (unpaired) electrons. The molecule has 0 amide bonds. The standard InChI is InChI=1S/C19H25F3N6O2S2/c1-5-6-7-28-16-9-15(27-32(29,30)19(20,21)22)14(24-26-17-25-23-11-31-17)8-13(16)12(2)10-18(28,3)4/h8-9,11-12,27H,5-7,10H2,1-4H3. The lowest BCUT2D eigenvalue weighted by molar-refractivity contribution is -0.0429. The van der Waals surface area contributed by atoms with Gasteiger partial charge in [-0.2, -0.15) is 21.6 Å². The van der Waals surface area contributed by atoms with E-state index in [-0.39, 0.29) is 28.0 Å². The lowest BCUT2D eigenvalue weighted by atomic mass is 9.79. The summed E-state index contributed by atoms with van der Waals surface area (Å²) in [5.41, 5.74) is -3.03. The molecule has 32 heavy (non-hydrogen) atoms. The van der Waals surface area contributed by atoms with Gasteiger partial charge in [0.05, 0.1) is 5.69 Å². The molecule has 3 rings (SSSR count). The van der Waals surface area contributed by atoms with E-state index in [0.29, 0.717) is 12.2 Å². The number of alkyl halides is 3. The van der Waals surface area contributed by atoms with Gasteiger partial charge in [-0.15, -0.1) is 20.4 Å². The van der Waals surface area contributed by atoms with Crippen molar-refractivity contribution in [1.82, 2.24) is 10.2 Å². The molecule has 1 aliphatic heterocycles. The molecule has 1 unspecified atom stereocenters. The number of sulfonamides is 1. The Balaban J connectivity index is 2.16. The van der Waals surface area contributed by atoms with E-state index in [1.807, 2.05) is 6.92 Å². The molecule has 2 aromatic rings. The van der Waals surface area contributed by atoms with Crippen LogP contribution < -0.4 is 9.62 Å². The van der Waals surface area contributed by atoms with Gasteiger partial charge in [-0.25, -0.2) is 0 Å². The van der Waals surface area contributed by atoms with Crippen molar-refractivity contribution in [2.75, 3.05) is 16.2 Å². The van der Waals surface area contributed by atoms with E-state index in [1.54, 1.807) is 10.8 Å². The second-order valence-electron chi connectivity index (χ2n) is 8.32. The summed E-state index contributed by atoms with van der Waals surface area (Å²) in [5.74, 6) is 0.0848. The first-order valence-corrected chi connectivity index (χ1v) is 12.4. The number of azo groups is 1. The van der Waals surface area contributed by atoms with Crippen LogP contribution in [0.5, 0.6) is 0 Å². The zero-order valence-corrected chi connectivity index (χ0v) is 19.8. The van der Waals surface area contributed by atoms with Crippen molar-refractivity contribution in [2.45, 2.75) is 63.9 Å². The van der Waals surface area contributed by atoms with Crippen LogP contribution in [-0.4, -0.2) is 36.2 Å². The number of aromatic nitrogens is 2. The van der Waals surface area contributed by atoms with E-state index >= 15 is 0 Å². The summed E-state index contributed by atoms with van der Waals surface area (Å²) in [5, 5.41) is 15.5. The molecule has 8 nitrogen and oxygen atoms in total. The molecule has 1 aromatic heterocycles. The molecular formula is C19H25F3N6O2S2. The number of halogens is 3. The van der Waals surface area contributed by atoms with E-state index in [1.165, 1.54) is 11.6 Å². The van der Waals surface area contributed by atoms with Crippen molar-refractivity contribution in [3.8, 4) is 0 Å². The van der Waals surface area contributed by atoms with Crippen molar-refractivity contribution in [2.24, 2.45) is 10.2 Å². The molecule has 0 saturated carbocycles. The van der Waals surface area contributed by atoms with Crippen molar-refractivity contribution in [3.05, 3.63) is 23.2 Å². The zero-order chi connectivity index (χ0) is 23.7. The minimum Gasteiger partial charge on any atom is -0.366 e. The minimum atomic E-state index is -5.64. The van der Waals surface area contributed by atoms with Crippen molar-refractivity contribution >= 4 is 43.6 Å². The van der Waals surface area contributed by atoms with E-state index < -0.39 is 15.5 Å². The van der Waals surface area contributed by atoms with Gasteiger partial charge in [0.25, 0.3) is 5.13 Å². The summed E-state index contributed by atoms with van der Waals surface area (Å²) in [6.45, 7) is 8.93. The Morgan fingerprint density at radius 3 is 2.62 bits per heavy atom. The van der Waals surface area contributed by atoms with Gasteiger partial charge >= 0.3 is 15.5 Å². The number of unbranched alkanes of at least 4 members (excludes halogenated alkanes) is 1. The highest BCUT2D eigenvalue weighted by molar-refractivity contribution is 7.93. The van der Waals surface area contributed by atoms with Gasteiger partial charge in [0.15, 0.2) is 0 Å². The Kier molecular flexibility index (Phi) is 6.80. The lowest BCUT2D eigenvalue weighted by Crippen LogP contribution is -2.48. The van der Waals surface area contributed by atoms with E-state index in [2.05, 4.69) is 46.1 Å². The number of hydrogen-bond acceptors (Lipinski definition) is 8. The average molecular weight is 491 g/mol. The molecule has 0 saturated heterocycles. The quantitative estimate of drug-likeness (QED) is 0.472. The maximum absolute atomic E-state index is 13.1. The maximum atomic E-state index is 13.1. The largest absolute Gasteiger partial charge is 0.516 e. The Morgan fingerprint density at radius 1 is 1.31 bits per heavy atom. The fourth-order valence-corrected chi connectivity index (χ4v) is 4.87. The zero-order valence-electron chi connectivity index (χ0n) is 18.1. The Hall–Kier alpha value is -2.28. The summed E-state index contributed by atoms with van der Waals surface area (Å²) in [7, 11) is -5.64. The van der Waals surface area contributed by atoms with Gasteiger partial charge in [-0.1, -0.05) is 31.6 Å². The van der Waals surface area contributed by atoms with Crippen LogP contribution in [0.2, 0.25) is 0 Å². The third kappa shape index (κ3) is 5.03. The monoisotopic (exact) mass is 490 g/mol. The van der Waals surface area contributed by atoms with E-state index in [0.717, 1.165) is 36.2 Å². The smallest absolute Gasteiger partial charge is 0.366 e. The van der Waals surface area contributed by atoms with E-state index in [4.69, 9.17) is 0 Å². The lowest BCUT2D eigenvalue weighted by Gasteiger charge is -2.48. The van der Waals surface area contributed by atoms with Crippen molar-refractivity contribution in [3.63, 3.8) is 0 Å². The molecule has 13 heteroatoms. The Bertz CT molecular complexity index is 1090. The number of hydrogen-bond donors (Lipinski definition) is 1. The van der Waals surface area contributed by atoms with Gasteiger partial charge in [0.1, 0.15) is 11.2 Å². The van der Waals surface area contributed by atoms with E-state index in [9.17, 15) is 21.6 Å². The number of rotatable bonds is 7. The number of anilines is 2. The highest BCUT2D eigenvalue weighted by Crippen LogP contribution is 2.48. The third-order valence-electron chi connectivity index (χ3n) is 5.38. The Morgan fingerprint density at radius 2 is 2.03 bits per heavy atom. The topological polar surface area (TPSA) is 99.9 Å². The molecular weight excluding hydrogens is 465 g/mol. The van der Waals surface area contributed by atoms with Crippen LogP contribution >= 0.6 is 11.3 Å². The SMILES string of the molecule is CCCCN1c2cc(NS(=O)(=O)C(F)(F)F)c(N=Nc3nncs3)cc2C(C)CC1(C)C. The highest BCUT2D eigenvalue weighted by Gasteiger charge is 2.46. The summed E-state index contributed by atoms with van der Waals surface area (Å²) >= 11 is 1.09. The predicted molar refractivity (Wildman–Crippen MR) is 118 cm³/mol. The molecule has 1 N–H and O–H groups in total. The highest BCUT2D eigenvalue weighted by atomic mass is 32.2. The summed E-state index contributed by atoms with van der Waals surface area (Å²) in [6, 6.07) is 3.03. The number of benzene rings is 1. The molecule has 0 spiro atoms. The van der Waals surface area contributed by atoms with Gasteiger partial charge in [-0.3, -0.25) is 4.72 Å². The van der Waals surface area contributed by atoms with Crippen LogP contribution in [0.25, 0.3) is 0 Å². The molecule has 1 atom stereocenters. The second kappa shape index (κ2) is 8.93. The van der Waals surface area contributed by atoms with Crippen molar-refractivity contribution < 1.29 is 21.6 Å². The number of fused-ring (bicyclic) bond motifs is 1. The third-order valence-corrected chi connectivity index (χ3v) is 7.05. The van der Waals surface area contributed by atoms with Gasteiger partial charge in [0.2, 0.25) is 0 Å². The average Bonchev–Trinajstić information content (AvgIpc) is 3.18. The van der Waals surface area contributed by atoms with Crippen LogP contribution in [0.3, 0.4) is 0 Å². The number of nitrogens with one attached hydrogen (secondary N) is 1. The normalized spacial score (nSPS) is 18.7. The van der Waals surface area contributed by atoms with Crippen LogP contribution in [0.1, 0.15) is 58.4 Å². The molecule has 0 bridgehead atoms. The second-order valence-corrected chi connectivity index (χ2v) is 10.8. The summed E-state index contributed by atoms with van der Waals surface area (Å²) in [6.07, 6.45) is 2.66. The first-order chi connectivity index (χ1) is 14.9. The van der Waals surface area contributed by atoms with Crippen molar-refractivity contribution in [1.29, 1.82) is 0 Å². The first-order valence-electron chi connectivity index (χ1n) is 10.1. The Labute approximate surface area is 189 Å². The van der Waals surface area contributed by atoms with Crippen LogP contribution in [0, 0.1) is 0 Å². The summed E-state index contributed by atoms with van der Waals surface area (Å²) < 4.78 is 64.7. The fourth-order valence-electron chi connectivity index (χ4n) is 3.93. The predicted octanol–water partition coefficient (Wildman–Crippen LogP) is 6.11. The van der Waals surface area contributed by atoms with Crippen LogP contribution in [-0.2, 0) is 10.0 Å². The first kappa shape index (κ1) is 24.4. The van der Waals surface area contributed by atoms with Crippen LogP contribution in [0.4, 0.5) is 35.4 Å². The van der Waals surface area contributed by atoms with Gasteiger partial charge in [0, 0.05) is 17.8 Å². The van der Waals surface area contributed by atoms with Gasteiger partial charge in [-0.05, 0) is 50.3 Å². The molecule has 1 aromatic carbocycles. The van der Waals surface area contributed by atoms with Gasteiger partial charge < -0.3 is 4.90 Å². The number of nitrogens with zero attached hydrogens (tertiary/aromatic N) is 5. The van der Waals surface area contributed by atoms with Crippen LogP contribution in [0.15, 0.2) is 27.9 Å². The molecule has 0 fully saturated rings. The molecule has 2 heterocycles. The molecule has 176 valence electrons. The maximum Gasteiger partial charge on any atom is 0.516 e. The molecule has 0 aliphatic carbocycles. The fraction of sp³-hybridized carbons (Fsp3) is 0.579. The minimum absolute atomic E-state index is 0.0197. The summed E-state index contributed by atoms with van der Waals surface area (Å²) in [4.78, 5) is 2.13.